The van der Waals surface area contributed by atoms with Crippen LogP contribution in [0.15, 0.2) is 64.2 Å². The first-order valence-corrected chi connectivity index (χ1v) is 8.55. The fourth-order valence-corrected chi connectivity index (χ4v) is 2.59. The van der Waals surface area contributed by atoms with Crippen LogP contribution in [0.5, 0.6) is 5.75 Å². The quantitative estimate of drug-likeness (QED) is 0.625. The number of rotatable bonds is 6. The van der Waals surface area contributed by atoms with Gasteiger partial charge in [-0.05, 0) is 36.4 Å². The first-order chi connectivity index (χ1) is 12.9. The highest BCUT2D eigenvalue weighted by Crippen LogP contribution is 2.25. The van der Waals surface area contributed by atoms with Gasteiger partial charge in [0.05, 0.1) is 5.75 Å². The zero-order chi connectivity index (χ0) is 19.3. The number of nitrogens with one attached hydrogen (secondary N) is 1. The molecule has 1 N–H and O–H groups in total. The van der Waals surface area contributed by atoms with Crippen LogP contribution in [0.25, 0.3) is 11.5 Å². The van der Waals surface area contributed by atoms with Gasteiger partial charge in [0, 0.05) is 11.3 Å². The molecule has 0 spiro atoms. The summed E-state index contributed by atoms with van der Waals surface area (Å²) in [5.74, 6) is -0.395. The summed E-state index contributed by atoms with van der Waals surface area (Å²) in [7, 11) is 0. The van der Waals surface area contributed by atoms with E-state index in [4.69, 9.17) is 4.42 Å². The molecule has 0 saturated carbocycles. The third-order valence-electron chi connectivity index (χ3n) is 3.13. The van der Waals surface area contributed by atoms with Crippen molar-refractivity contribution in [3.05, 3.63) is 54.6 Å². The molecule has 140 valence electrons. The third-order valence-corrected chi connectivity index (χ3v) is 3.94. The van der Waals surface area contributed by atoms with Crippen LogP contribution in [0.1, 0.15) is 0 Å². The molecule has 0 atom stereocenters. The molecule has 1 aromatic heterocycles. The number of halogens is 3. The Bertz CT molecular complexity index is 899. The van der Waals surface area contributed by atoms with Gasteiger partial charge >= 0.3 is 6.36 Å². The van der Waals surface area contributed by atoms with Gasteiger partial charge in [0.1, 0.15) is 5.75 Å². The number of nitrogens with zero attached hydrogens (tertiary/aromatic N) is 2. The maximum Gasteiger partial charge on any atom is 0.573 e. The zero-order valence-corrected chi connectivity index (χ0v) is 14.4. The van der Waals surface area contributed by atoms with Gasteiger partial charge in [-0.15, -0.1) is 23.4 Å². The molecule has 0 bridgehead atoms. The first-order valence-electron chi connectivity index (χ1n) is 7.56. The predicted octanol–water partition coefficient (Wildman–Crippen LogP) is 4.37. The summed E-state index contributed by atoms with van der Waals surface area (Å²) in [6.45, 7) is 0. The number of carbonyl (C=O) groups is 1. The molecule has 6 nitrogen and oxygen atoms in total. The Morgan fingerprint density at radius 3 is 2.44 bits per heavy atom. The van der Waals surface area contributed by atoms with Crippen molar-refractivity contribution in [2.45, 2.75) is 11.6 Å². The molecule has 2 aromatic carbocycles. The topological polar surface area (TPSA) is 77.2 Å². The maximum atomic E-state index is 12.1. The zero-order valence-electron chi connectivity index (χ0n) is 13.6. The van der Waals surface area contributed by atoms with Crippen molar-refractivity contribution in [3.8, 4) is 17.2 Å². The Hall–Kier alpha value is -3.01. The highest BCUT2D eigenvalue weighted by molar-refractivity contribution is 7.99. The SMILES string of the molecule is O=C(CSc1nnc(-c2ccccc2)o1)Nc1ccc(OC(F)(F)F)cc1. The second-order valence-electron chi connectivity index (χ2n) is 5.15. The van der Waals surface area contributed by atoms with Crippen LogP contribution in [0.4, 0.5) is 18.9 Å². The molecule has 10 heteroatoms. The van der Waals surface area contributed by atoms with Crippen LogP contribution in [-0.4, -0.2) is 28.2 Å². The molecule has 27 heavy (non-hydrogen) atoms. The van der Waals surface area contributed by atoms with Crippen molar-refractivity contribution in [1.82, 2.24) is 10.2 Å². The number of thioether (sulfide) groups is 1. The monoisotopic (exact) mass is 395 g/mol. The second kappa shape index (κ2) is 8.12. The molecule has 0 unspecified atom stereocenters. The van der Waals surface area contributed by atoms with Crippen molar-refractivity contribution in [1.29, 1.82) is 0 Å². The van der Waals surface area contributed by atoms with E-state index < -0.39 is 6.36 Å². The fourth-order valence-electron chi connectivity index (χ4n) is 2.03. The molecule has 0 aliphatic rings. The summed E-state index contributed by atoms with van der Waals surface area (Å²) in [5, 5.41) is 10.6. The average molecular weight is 395 g/mol. The Balaban J connectivity index is 1.51. The summed E-state index contributed by atoms with van der Waals surface area (Å²) in [4.78, 5) is 11.9. The van der Waals surface area contributed by atoms with E-state index in [0.717, 1.165) is 29.5 Å². The number of aromatic nitrogens is 2. The third kappa shape index (κ3) is 5.74. The van der Waals surface area contributed by atoms with Gasteiger partial charge in [-0.3, -0.25) is 4.79 Å². The number of hydrogen-bond donors (Lipinski definition) is 1. The molecule has 3 aromatic rings. The number of ether oxygens (including phenoxy) is 1. The minimum atomic E-state index is -4.76. The van der Waals surface area contributed by atoms with E-state index in [9.17, 15) is 18.0 Å². The minimum absolute atomic E-state index is 0.00275. The number of benzene rings is 2. The van der Waals surface area contributed by atoms with Crippen LogP contribution < -0.4 is 10.1 Å². The summed E-state index contributed by atoms with van der Waals surface area (Å²) < 4.78 is 45.6. The molecular formula is C17H12F3N3O3S. The Labute approximate surface area is 155 Å². The number of anilines is 1. The van der Waals surface area contributed by atoms with E-state index in [2.05, 4.69) is 20.3 Å². The normalized spacial score (nSPS) is 11.2. The van der Waals surface area contributed by atoms with Gasteiger partial charge in [-0.1, -0.05) is 30.0 Å². The number of amides is 1. The largest absolute Gasteiger partial charge is 0.573 e. The number of hydrogen-bond acceptors (Lipinski definition) is 6. The summed E-state index contributed by atoms with van der Waals surface area (Å²) in [6, 6.07) is 14.0. The lowest BCUT2D eigenvalue weighted by Gasteiger charge is -2.09. The van der Waals surface area contributed by atoms with Crippen molar-refractivity contribution in [3.63, 3.8) is 0 Å². The lowest BCUT2D eigenvalue weighted by atomic mass is 10.2. The van der Waals surface area contributed by atoms with Crippen LogP contribution in [0, 0.1) is 0 Å². The van der Waals surface area contributed by atoms with Gasteiger partial charge in [0.2, 0.25) is 11.8 Å². The Morgan fingerprint density at radius 1 is 1.07 bits per heavy atom. The predicted molar refractivity (Wildman–Crippen MR) is 92.2 cm³/mol. The van der Waals surface area contributed by atoms with E-state index in [-0.39, 0.29) is 22.6 Å². The van der Waals surface area contributed by atoms with Crippen LogP contribution in [-0.2, 0) is 4.79 Å². The fraction of sp³-hybridized carbons (Fsp3) is 0.118. The second-order valence-corrected chi connectivity index (χ2v) is 6.07. The van der Waals surface area contributed by atoms with Crippen molar-refractivity contribution >= 4 is 23.4 Å². The average Bonchev–Trinajstić information content (AvgIpc) is 3.10. The highest BCUT2D eigenvalue weighted by atomic mass is 32.2. The van der Waals surface area contributed by atoms with E-state index >= 15 is 0 Å². The molecular weight excluding hydrogens is 383 g/mol. The standard InChI is InChI=1S/C17H12F3N3O3S/c18-17(19,20)26-13-8-6-12(7-9-13)21-14(24)10-27-16-23-22-15(25-16)11-4-2-1-3-5-11/h1-9H,10H2,(H,21,24). The summed E-state index contributed by atoms with van der Waals surface area (Å²) >= 11 is 1.05. The van der Waals surface area contributed by atoms with Crippen LogP contribution in [0.2, 0.25) is 0 Å². The van der Waals surface area contributed by atoms with E-state index in [1.807, 2.05) is 30.3 Å². The van der Waals surface area contributed by atoms with Crippen molar-refractivity contribution < 1.29 is 27.1 Å². The van der Waals surface area contributed by atoms with Gasteiger partial charge in [-0.2, -0.15) is 0 Å². The lowest BCUT2D eigenvalue weighted by molar-refractivity contribution is -0.274. The van der Waals surface area contributed by atoms with E-state index in [0.29, 0.717) is 11.6 Å². The molecule has 1 heterocycles. The maximum absolute atomic E-state index is 12.1. The molecule has 1 amide bonds. The first kappa shape index (κ1) is 18.8. The summed E-state index contributed by atoms with van der Waals surface area (Å²) in [5.41, 5.74) is 1.10. The summed E-state index contributed by atoms with van der Waals surface area (Å²) in [6.07, 6.45) is -4.76. The van der Waals surface area contributed by atoms with Gasteiger partial charge < -0.3 is 14.5 Å². The van der Waals surface area contributed by atoms with Crippen molar-refractivity contribution in [2.24, 2.45) is 0 Å². The van der Waals surface area contributed by atoms with Gasteiger partial charge in [0.15, 0.2) is 0 Å². The van der Waals surface area contributed by atoms with Crippen molar-refractivity contribution in [2.75, 3.05) is 11.1 Å². The lowest BCUT2D eigenvalue weighted by Crippen LogP contribution is -2.17. The number of carbonyl (C=O) groups excluding carboxylic acids is 1. The van der Waals surface area contributed by atoms with Gasteiger partial charge in [0.25, 0.3) is 5.22 Å². The molecule has 0 saturated heterocycles. The Kier molecular flexibility index (Phi) is 5.65. The van der Waals surface area contributed by atoms with E-state index in [1.165, 1.54) is 12.1 Å². The van der Waals surface area contributed by atoms with Crippen LogP contribution >= 0.6 is 11.8 Å². The smallest absolute Gasteiger partial charge is 0.411 e. The highest BCUT2D eigenvalue weighted by Gasteiger charge is 2.30. The van der Waals surface area contributed by atoms with E-state index in [1.54, 1.807) is 0 Å². The molecule has 0 aliphatic carbocycles. The van der Waals surface area contributed by atoms with Gasteiger partial charge in [-0.25, -0.2) is 0 Å². The molecule has 0 aliphatic heterocycles. The molecule has 3 rings (SSSR count). The van der Waals surface area contributed by atoms with Crippen LogP contribution in [0.3, 0.4) is 0 Å². The molecule has 0 radical (unpaired) electrons. The Morgan fingerprint density at radius 2 is 1.78 bits per heavy atom. The minimum Gasteiger partial charge on any atom is -0.411 e. The number of alkyl halides is 3. The molecule has 0 fully saturated rings.